The van der Waals surface area contributed by atoms with E-state index < -0.39 is 0 Å². The molecule has 1 N–H and O–H groups in total. The summed E-state index contributed by atoms with van der Waals surface area (Å²) in [5.74, 6) is -0.542. The van der Waals surface area contributed by atoms with Crippen LogP contribution in [-0.2, 0) is 16.6 Å². The zero-order chi connectivity index (χ0) is 15.0. The first-order chi connectivity index (χ1) is 9.52. The smallest absolute Gasteiger partial charge is 0.306 e. The molecule has 0 aliphatic heterocycles. The number of pyridine rings is 1. The van der Waals surface area contributed by atoms with Crippen LogP contribution in [0, 0.1) is 0 Å². The van der Waals surface area contributed by atoms with Gasteiger partial charge in [-0.25, -0.2) is 9.99 Å². The van der Waals surface area contributed by atoms with Crippen LogP contribution in [0.2, 0.25) is 0 Å². The molecule has 1 heterocycles. The number of hydrazone groups is 1. The lowest BCUT2D eigenvalue weighted by Gasteiger charge is -2.02. The van der Waals surface area contributed by atoms with Crippen LogP contribution in [0.1, 0.15) is 37.0 Å². The molecule has 0 saturated carbocycles. The minimum atomic E-state index is -0.281. The van der Waals surface area contributed by atoms with E-state index >= 15 is 0 Å². The van der Waals surface area contributed by atoms with Gasteiger partial charge in [0, 0.05) is 11.8 Å². The maximum atomic E-state index is 11.8. The Morgan fingerprint density at radius 1 is 1.40 bits per heavy atom. The number of hydrogen-bond donors (Lipinski definition) is 1. The van der Waals surface area contributed by atoms with Crippen molar-refractivity contribution in [2.24, 2.45) is 12.1 Å². The number of aromatic nitrogens is 1. The molecule has 108 valence electrons. The van der Waals surface area contributed by atoms with Crippen molar-refractivity contribution in [3.63, 3.8) is 0 Å². The molecule has 1 aromatic heterocycles. The minimum Gasteiger partial charge on any atom is -0.466 e. The van der Waals surface area contributed by atoms with Gasteiger partial charge in [-0.3, -0.25) is 9.59 Å². The second-order valence-electron chi connectivity index (χ2n) is 4.35. The Hall–Kier alpha value is -2.24. The van der Waals surface area contributed by atoms with Crippen molar-refractivity contribution in [3.8, 4) is 0 Å². The lowest BCUT2D eigenvalue weighted by molar-refractivity contribution is -0.671. The van der Waals surface area contributed by atoms with E-state index in [1.807, 2.05) is 13.2 Å². The van der Waals surface area contributed by atoms with Crippen molar-refractivity contribution in [1.29, 1.82) is 0 Å². The first-order valence-corrected chi connectivity index (χ1v) is 6.47. The lowest BCUT2D eigenvalue weighted by Crippen LogP contribution is -2.30. The van der Waals surface area contributed by atoms with Crippen molar-refractivity contribution >= 4 is 17.6 Å². The fraction of sp³-hybridized carbons (Fsp3) is 0.429. The summed E-state index contributed by atoms with van der Waals surface area (Å²) in [5, 5.41) is 3.96. The second kappa shape index (κ2) is 8.04. The quantitative estimate of drug-likeness (QED) is 0.364. The van der Waals surface area contributed by atoms with Crippen LogP contribution in [0.3, 0.4) is 0 Å². The summed E-state index contributed by atoms with van der Waals surface area (Å²) in [6.45, 7) is 3.89. The number of esters is 1. The van der Waals surface area contributed by atoms with Gasteiger partial charge in [-0.2, -0.15) is 5.10 Å². The molecule has 1 amide bonds. The lowest BCUT2D eigenvalue weighted by atomic mass is 10.2. The SMILES string of the molecule is CCOC(=O)CCC(C)=NNC(=O)c1ccc[n+](C)c1. The number of rotatable bonds is 6. The fourth-order valence-electron chi connectivity index (χ4n) is 1.50. The second-order valence-corrected chi connectivity index (χ2v) is 4.35. The summed E-state index contributed by atoms with van der Waals surface area (Å²) >= 11 is 0. The van der Waals surface area contributed by atoms with Crippen molar-refractivity contribution in [2.75, 3.05) is 6.61 Å². The molecular weight excluding hydrogens is 258 g/mol. The highest BCUT2D eigenvalue weighted by molar-refractivity contribution is 5.95. The zero-order valence-electron chi connectivity index (χ0n) is 12.0. The molecule has 20 heavy (non-hydrogen) atoms. The first-order valence-electron chi connectivity index (χ1n) is 6.47. The van der Waals surface area contributed by atoms with E-state index in [0.717, 1.165) is 0 Å². The van der Waals surface area contributed by atoms with Gasteiger partial charge in [-0.15, -0.1) is 0 Å². The number of nitrogens with zero attached hydrogens (tertiary/aromatic N) is 2. The van der Waals surface area contributed by atoms with Crippen molar-refractivity contribution in [3.05, 3.63) is 30.1 Å². The summed E-state index contributed by atoms with van der Waals surface area (Å²) in [5.41, 5.74) is 3.66. The monoisotopic (exact) mass is 278 g/mol. The Bertz CT molecular complexity index is 512. The molecule has 0 radical (unpaired) electrons. The van der Waals surface area contributed by atoms with Gasteiger partial charge in [0.1, 0.15) is 12.6 Å². The number of nitrogens with one attached hydrogen (secondary N) is 1. The third kappa shape index (κ3) is 5.60. The molecule has 0 unspecified atom stereocenters. The number of hydrogen-bond acceptors (Lipinski definition) is 4. The number of carbonyl (C=O) groups is 2. The maximum Gasteiger partial charge on any atom is 0.306 e. The standard InChI is InChI=1S/C14H19N3O3/c1-4-20-13(18)8-7-11(2)15-16-14(19)12-6-5-9-17(3)10-12/h5-6,9-10H,4,7-8H2,1-3H3/p+1. The molecular formula is C14H20N3O3+. The van der Waals surface area contributed by atoms with Gasteiger partial charge in [0.2, 0.25) is 0 Å². The summed E-state index contributed by atoms with van der Waals surface area (Å²) < 4.78 is 6.60. The Kier molecular flexibility index (Phi) is 6.36. The minimum absolute atomic E-state index is 0.261. The van der Waals surface area contributed by atoms with E-state index in [1.165, 1.54) is 0 Å². The van der Waals surface area contributed by atoms with E-state index in [0.29, 0.717) is 24.3 Å². The van der Waals surface area contributed by atoms with Gasteiger partial charge in [-0.1, -0.05) is 0 Å². The van der Waals surface area contributed by atoms with E-state index in [-0.39, 0.29) is 18.3 Å². The van der Waals surface area contributed by atoms with E-state index in [9.17, 15) is 9.59 Å². The molecule has 0 spiro atoms. The van der Waals surface area contributed by atoms with Gasteiger partial charge in [0.15, 0.2) is 12.4 Å². The van der Waals surface area contributed by atoms with Crippen LogP contribution >= 0.6 is 0 Å². The molecule has 0 bridgehead atoms. The number of amides is 1. The van der Waals surface area contributed by atoms with Crippen LogP contribution in [0.5, 0.6) is 0 Å². The van der Waals surface area contributed by atoms with Crippen LogP contribution < -0.4 is 9.99 Å². The number of aryl methyl sites for hydroxylation is 1. The Morgan fingerprint density at radius 2 is 2.15 bits per heavy atom. The summed E-state index contributed by atoms with van der Waals surface area (Å²) in [7, 11) is 1.84. The Morgan fingerprint density at radius 3 is 2.80 bits per heavy atom. The number of carbonyl (C=O) groups excluding carboxylic acids is 2. The molecule has 6 nitrogen and oxygen atoms in total. The molecule has 6 heteroatoms. The van der Waals surface area contributed by atoms with Crippen molar-refractivity contribution in [2.45, 2.75) is 26.7 Å². The van der Waals surface area contributed by atoms with Crippen LogP contribution in [0.4, 0.5) is 0 Å². The van der Waals surface area contributed by atoms with E-state index in [1.54, 1.807) is 36.7 Å². The van der Waals surface area contributed by atoms with Crippen molar-refractivity contribution < 1.29 is 18.9 Å². The molecule has 0 aromatic carbocycles. The molecule has 0 aliphatic rings. The van der Waals surface area contributed by atoms with E-state index in [2.05, 4.69) is 10.5 Å². The average molecular weight is 278 g/mol. The predicted octanol–water partition coefficient (Wildman–Crippen LogP) is 0.960. The predicted molar refractivity (Wildman–Crippen MR) is 74.1 cm³/mol. The molecule has 0 saturated heterocycles. The molecule has 0 atom stereocenters. The van der Waals surface area contributed by atoms with Gasteiger partial charge in [-0.05, 0) is 26.3 Å². The van der Waals surface area contributed by atoms with Gasteiger partial charge in [0.25, 0.3) is 5.91 Å². The normalized spacial score (nSPS) is 11.1. The topological polar surface area (TPSA) is 71.6 Å². The number of ether oxygens (including phenoxy) is 1. The van der Waals surface area contributed by atoms with Gasteiger partial charge >= 0.3 is 5.97 Å². The van der Waals surface area contributed by atoms with Crippen LogP contribution in [-0.4, -0.2) is 24.2 Å². The highest BCUT2D eigenvalue weighted by Gasteiger charge is 2.08. The zero-order valence-corrected chi connectivity index (χ0v) is 12.0. The van der Waals surface area contributed by atoms with Crippen LogP contribution in [0.15, 0.2) is 29.6 Å². The average Bonchev–Trinajstić information content (AvgIpc) is 2.43. The third-order valence-corrected chi connectivity index (χ3v) is 2.55. The van der Waals surface area contributed by atoms with Crippen LogP contribution in [0.25, 0.3) is 0 Å². The highest BCUT2D eigenvalue weighted by Crippen LogP contribution is 1.97. The molecule has 1 rings (SSSR count). The first kappa shape index (κ1) is 15.8. The summed E-state index contributed by atoms with van der Waals surface area (Å²) in [4.78, 5) is 23.0. The molecule has 0 fully saturated rings. The molecule has 0 aliphatic carbocycles. The van der Waals surface area contributed by atoms with Crippen molar-refractivity contribution in [1.82, 2.24) is 5.43 Å². The Balaban J connectivity index is 2.46. The summed E-state index contributed by atoms with van der Waals surface area (Å²) in [6, 6.07) is 3.49. The van der Waals surface area contributed by atoms with Gasteiger partial charge in [0.05, 0.1) is 13.0 Å². The fourth-order valence-corrected chi connectivity index (χ4v) is 1.50. The molecule has 1 aromatic rings. The highest BCUT2D eigenvalue weighted by atomic mass is 16.5. The maximum absolute atomic E-state index is 11.8. The Labute approximate surface area is 118 Å². The van der Waals surface area contributed by atoms with E-state index in [4.69, 9.17) is 4.74 Å². The largest absolute Gasteiger partial charge is 0.466 e. The third-order valence-electron chi connectivity index (χ3n) is 2.55. The summed E-state index contributed by atoms with van der Waals surface area (Å²) in [6.07, 6.45) is 4.27. The van der Waals surface area contributed by atoms with Gasteiger partial charge < -0.3 is 4.74 Å².